The number of rotatable bonds is 3. The van der Waals surface area contributed by atoms with Gasteiger partial charge in [0.15, 0.2) is 0 Å². The Morgan fingerprint density at radius 3 is 2.62 bits per heavy atom. The fourth-order valence-electron chi connectivity index (χ4n) is 1.93. The minimum Gasteiger partial charge on any atom is -0.338 e. The van der Waals surface area contributed by atoms with Crippen molar-refractivity contribution in [1.29, 1.82) is 0 Å². The zero-order valence-electron chi connectivity index (χ0n) is 9.85. The van der Waals surface area contributed by atoms with Gasteiger partial charge in [-0.3, -0.25) is 0 Å². The highest BCUT2D eigenvalue weighted by Crippen LogP contribution is 2.19. The van der Waals surface area contributed by atoms with E-state index in [1.54, 1.807) is 0 Å². The molecule has 1 unspecified atom stereocenters. The minimum atomic E-state index is 0.147. The summed E-state index contributed by atoms with van der Waals surface area (Å²) in [6.07, 6.45) is 5.05. The van der Waals surface area contributed by atoms with Crippen LogP contribution in [-0.4, -0.2) is 29.8 Å². The Morgan fingerprint density at radius 2 is 2.00 bits per heavy atom. The van der Waals surface area contributed by atoms with Crippen molar-refractivity contribution in [3.05, 3.63) is 5.89 Å². The lowest BCUT2D eigenvalue weighted by molar-refractivity contribution is 0.360. The molecule has 1 atom stereocenters. The molecule has 5 heteroatoms. The van der Waals surface area contributed by atoms with Crippen LogP contribution >= 0.6 is 0 Å². The van der Waals surface area contributed by atoms with E-state index < -0.39 is 0 Å². The van der Waals surface area contributed by atoms with Crippen molar-refractivity contribution in [3.63, 3.8) is 0 Å². The second kappa shape index (κ2) is 5.30. The van der Waals surface area contributed by atoms with Crippen molar-refractivity contribution in [2.24, 2.45) is 5.73 Å². The average Bonchev–Trinajstić information content (AvgIpc) is 2.64. The van der Waals surface area contributed by atoms with Gasteiger partial charge >= 0.3 is 0 Å². The van der Waals surface area contributed by atoms with Crippen LogP contribution < -0.4 is 10.6 Å². The normalized spacial score (nSPS) is 19.5. The molecular weight excluding hydrogens is 204 g/mol. The van der Waals surface area contributed by atoms with Gasteiger partial charge in [-0.25, -0.2) is 0 Å². The number of hydrogen-bond acceptors (Lipinski definition) is 5. The van der Waals surface area contributed by atoms with Crippen molar-refractivity contribution in [1.82, 2.24) is 10.1 Å². The third-order valence-corrected chi connectivity index (χ3v) is 3.10. The molecule has 0 bridgehead atoms. The van der Waals surface area contributed by atoms with E-state index in [0.29, 0.717) is 12.4 Å². The van der Waals surface area contributed by atoms with Gasteiger partial charge in [0, 0.05) is 25.6 Å². The summed E-state index contributed by atoms with van der Waals surface area (Å²) in [5.74, 6) is 1.53. The quantitative estimate of drug-likeness (QED) is 0.843. The lowest BCUT2D eigenvalue weighted by atomic mass is 10.2. The standard InChI is InChI=1S/C11H20N4O/c1-9(8-12)10-13-11(14-16-10)15-6-4-2-3-5-7-15/h9H,2-8,12H2,1H3. The molecule has 1 aliphatic rings. The summed E-state index contributed by atoms with van der Waals surface area (Å²) in [6.45, 7) is 4.62. The lowest BCUT2D eigenvalue weighted by Gasteiger charge is -2.16. The first kappa shape index (κ1) is 11.4. The number of anilines is 1. The monoisotopic (exact) mass is 224 g/mol. The van der Waals surface area contributed by atoms with Gasteiger partial charge in [0.05, 0.1) is 0 Å². The van der Waals surface area contributed by atoms with Gasteiger partial charge in [-0.15, -0.1) is 0 Å². The fourth-order valence-corrected chi connectivity index (χ4v) is 1.93. The maximum atomic E-state index is 5.58. The Hall–Kier alpha value is -1.10. The van der Waals surface area contributed by atoms with E-state index in [-0.39, 0.29) is 5.92 Å². The van der Waals surface area contributed by atoms with Crippen LogP contribution in [0.4, 0.5) is 5.95 Å². The molecule has 0 radical (unpaired) electrons. The van der Waals surface area contributed by atoms with Crippen LogP contribution in [0.25, 0.3) is 0 Å². The SMILES string of the molecule is CC(CN)c1nc(N2CCCCCC2)no1. The molecule has 2 rings (SSSR count). The van der Waals surface area contributed by atoms with E-state index in [1.165, 1.54) is 25.7 Å². The van der Waals surface area contributed by atoms with Gasteiger partial charge in [-0.1, -0.05) is 19.8 Å². The molecular formula is C11H20N4O. The highest BCUT2D eigenvalue weighted by atomic mass is 16.5. The first-order valence-corrected chi connectivity index (χ1v) is 6.10. The van der Waals surface area contributed by atoms with Crippen molar-refractivity contribution < 1.29 is 4.52 Å². The first-order chi connectivity index (χ1) is 7.81. The predicted molar refractivity (Wildman–Crippen MR) is 62.4 cm³/mol. The largest absolute Gasteiger partial charge is 0.338 e. The van der Waals surface area contributed by atoms with Gasteiger partial charge in [-0.05, 0) is 18.0 Å². The molecule has 1 aromatic heterocycles. The summed E-state index contributed by atoms with van der Waals surface area (Å²) in [4.78, 5) is 6.63. The van der Waals surface area contributed by atoms with E-state index in [0.717, 1.165) is 19.0 Å². The number of aromatic nitrogens is 2. The Balaban J connectivity index is 2.05. The molecule has 1 saturated heterocycles. The molecule has 16 heavy (non-hydrogen) atoms. The van der Waals surface area contributed by atoms with Crippen molar-refractivity contribution in [2.45, 2.75) is 38.5 Å². The third-order valence-electron chi connectivity index (χ3n) is 3.10. The van der Waals surface area contributed by atoms with Gasteiger partial charge in [0.2, 0.25) is 5.89 Å². The predicted octanol–water partition coefficient (Wildman–Crippen LogP) is 1.51. The molecule has 1 aliphatic heterocycles. The fraction of sp³-hybridized carbons (Fsp3) is 0.818. The Kier molecular flexibility index (Phi) is 3.77. The van der Waals surface area contributed by atoms with E-state index >= 15 is 0 Å². The number of nitrogens with two attached hydrogens (primary N) is 1. The van der Waals surface area contributed by atoms with Crippen molar-refractivity contribution >= 4 is 5.95 Å². The molecule has 2 heterocycles. The van der Waals surface area contributed by atoms with Crippen LogP contribution in [-0.2, 0) is 0 Å². The van der Waals surface area contributed by atoms with Crippen LogP contribution in [0, 0.1) is 0 Å². The summed E-state index contributed by atoms with van der Waals surface area (Å²) in [5.41, 5.74) is 5.58. The molecule has 0 spiro atoms. The highest BCUT2D eigenvalue weighted by molar-refractivity contribution is 5.28. The van der Waals surface area contributed by atoms with Gasteiger partial charge < -0.3 is 15.2 Å². The van der Waals surface area contributed by atoms with Crippen LogP contribution in [0.15, 0.2) is 4.52 Å². The van der Waals surface area contributed by atoms with Gasteiger partial charge in [0.25, 0.3) is 5.95 Å². The summed E-state index contributed by atoms with van der Waals surface area (Å²) >= 11 is 0. The van der Waals surface area contributed by atoms with E-state index in [4.69, 9.17) is 10.3 Å². The summed E-state index contributed by atoms with van der Waals surface area (Å²) in [5, 5.41) is 4.03. The average molecular weight is 224 g/mol. The number of hydrogen-bond donors (Lipinski definition) is 1. The van der Waals surface area contributed by atoms with E-state index in [2.05, 4.69) is 15.0 Å². The van der Waals surface area contributed by atoms with Crippen LogP contribution in [0.3, 0.4) is 0 Å². The molecule has 1 fully saturated rings. The maximum absolute atomic E-state index is 5.58. The molecule has 1 aromatic rings. The van der Waals surface area contributed by atoms with E-state index in [9.17, 15) is 0 Å². The van der Waals surface area contributed by atoms with Crippen molar-refractivity contribution in [3.8, 4) is 0 Å². The molecule has 0 amide bonds. The van der Waals surface area contributed by atoms with Gasteiger partial charge in [0.1, 0.15) is 0 Å². The van der Waals surface area contributed by atoms with Crippen LogP contribution in [0.5, 0.6) is 0 Å². The minimum absolute atomic E-state index is 0.147. The molecule has 0 saturated carbocycles. The number of nitrogens with zero attached hydrogens (tertiary/aromatic N) is 3. The Morgan fingerprint density at radius 1 is 1.31 bits per heavy atom. The summed E-state index contributed by atoms with van der Waals surface area (Å²) < 4.78 is 5.23. The Bertz CT molecular complexity index is 318. The molecule has 5 nitrogen and oxygen atoms in total. The van der Waals surface area contributed by atoms with Crippen LogP contribution in [0.2, 0.25) is 0 Å². The lowest BCUT2D eigenvalue weighted by Crippen LogP contribution is -2.25. The molecule has 90 valence electrons. The zero-order valence-corrected chi connectivity index (χ0v) is 9.85. The Labute approximate surface area is 96.0 Å². The third kappa shape index (κ3) is 2.52. The topological polar surface area (TPSA) is 68.2 Å². The molecule has 0 aliphatic carbocycles. The summed E-state index contributed by atoms with van der Waals surface area (Å²) in [7, 11) is 0. The molecule has 0 aromatic carbocycles. The van der Waals surface area contributed by atoms with Crippen molar-refractivity contribution in [2.75, 3.05) is 24.5 Å². The zero-order chi connectivity index (χ0) is 11.4. The van der Waals surface area contributed by atoms with E-state index in [1.807, 2.05) is 6.92 Å². The van der Waals surface area contributed by atoms with Crippen LogP contribution in [0.1, 0.15) is 44.4 Å². The summed E-state index contributed by atoms with van der Waals surface area (Å²) in [6, 6.07) is 0. The second-order valence-electron chi connectivity index (χ2n) is 4.47. The maximum Gasteiger partial charge on any atom is 0.266 e. The smallest absolute Gasteiger partial charge is 0.266 e. The first-order valence-electron chi connectivity index (χ1n) is 6.10. The molecule has 2 N–H and O–H groups in total. The second-order valence-corrected chi connectivity index (χ2v) is 4.47. The van der Waals surface area contributed by atoms with Gasteiger partial charge in [-0.2, -0.15) is 4.98 Å². The highest BCUT2D eigenvalue weighted by Gasteiger charge is 2.18.